The van der Waals surface area contributed by atoms with Crippen LogP contribution in [0.1, 0.15) is 92.9 Å². The Balaban J connectivity index is 0.685. The molecule has 13 rings (SSSR count). The topological polar surface area (TPSA) is 141 Å². The monoisotopic (exact) mass is 874 g/mol. The molecule has 8 aliphatic heterocycles. The third-order valence-electron chi connectivity index (χ3n) is 16.3. The smallest absolute Gasteiger partial charge is 0.201 e. The van der Waals surface area contributed by atoms with Gasteiger partial charge in [0.05, 0.1) is 18.6 Å². The van der Waals surface area contributed by atoms with E-state index in [9.17, 15) is 4.79 Å². The summed E-state index contributed by atoms with van der Waals surface area (Å²) in [6.07, 6.45) is 5.73. The molecule has 2 aromatic carbocycles. The number of benzene rings is 2. The number of hydrogen-bond donors (Lipinski definition) is 0. The van der Waals surface area contributed by atoms with Crippen LogP contribution in [0.25, 0.3) is 22.3 Å². The Morgan fingerprint density at radius 2 is 1.11 bits per heavy atom. The zero-order valence-electron chi connectivity index (χ0n) is 37.2. The largest absolute Gasteiger partial charge is 0.491 e. The molecule has 10 fully saturated rings. The highest BCUT2D eigenvalue weighted by atomic mass is 17.3. The first-order valence-corrected chi connectivity index (χ1v) is 23.5. The molecule has 342 valence electrons. The highest BCUT2D eigenvalue weighted by Crippen LogP contribution is 2.62. The quantitative estimate of drug-likeness (QED) is 0.134. The van der Waals surface area contributed by atoms with Crippen molar-refractivity contribution in [3.63, 3.8) is 0 Å². The van der Waals surface area contributed by atoms with Crippen LogP contribution in [0.2, 0.25) is 0 Å². The minimum atomic E-state index is -0.838. The second kappa shape index (κ2) is 16.0. The van der Waals surface area contributed by atoms with Crippen molar-refractivity contribution in [3.8, 4) is 22.8 Å². The SMILES string of the molecule is C[C@H]1[C@@H](OCCOc2ccc(-c3cc(=O)c4ccc(OCCO[C@H]5O[C@H]6O[C@@]7(C)CC[C@H]8[C@H](C)CC[C@@H]([C@H]5C)[C@@]68OO7)cc4o3)cc2)O[C@H]2O[C@@]3(C)CC[C@H]4[C@H](C)CC[C@@H]1[C@@]24OO3. The summed E-state index contributed by atoms with van der Waals surface area (Å²) in [4.78, 5) is 37.6. The zero-order chi connectivity index (χ0) is 43.3. The third kappa shape index (κ3) is 7.08. The van der Waals surface area contributed by atoms with Gasteiger partial charge < -0.3 is 42.3 Å². The molecule has 14 nitrogen and oxygen atoms in total. The average molecular weight is 875 g/mol. The molecule has 0 unspecified atom stereocenters. The maximum Gasteiger partial charge on any atom is 0.201 e. The lowest BCUT2D eigenvalue weighted by Crippen LogP contribution is -2.70. The second-order valence-electron chi connectivity index (χ2n) is 20.1. The summed E-state index contributed by atoms with van der Waals surface area (Å²) in [6, 6.07) is 14.2. The minimum Gasteiger partial charge on any atom is -0.491 e. The molecule has 16 atom stereocenters. The van der Waals surface area contributed by atoms with Crippen molar-refractivity contribution in [2.45, 2.75) is 141 Å². The van der Waals surface area contributed by atoms with Crippen LogP contribution in [0.5, 0.6) is 11.5 Å². The second-order valence-corrected chi connectivity index (χ2v) is 20.1. The minimum absolute atomic E-state index is 0.0694. The number of fused-ring (bicyclic) bond motifs is 5. The van der Waals surface area contributed by atoms with Crippen LogP contribution in [0.4, 0.5) is 0 Å². The lowest BCUT2D eigenvalue weighted by Gasteiger charge is -2.60. The van der Waals surface area contributed by atoms with E-state index in [1.54, 1.807) is 18.2 Å². The van der Waals surface area contributed by atoms with Crippen molar-refractivity contribution < 1.29 is 61.9 Å². The van der Waals surface area contributed by atoms with Gasteiger partial charge in [0.25, 0.3) is 0 Å². The summed E-state index contributed by atoms with van der Waals surface area (Å²) < 4.78 is 57.1. The van der Waals surface area contributed by atoms with Crippen LogP contribution in [-0.2, 0) is 48.0 Å². The fourth-order valence-corrected chi connectivity index (χ4v) is 12.9. The van der Waals surface area contributed by atoms with Crippen molar-refractivity contribution >= 4 is 11.0 Å². The van der Waals surface area contributed by atoms with Gasteiger partial charge in [0.1, 0.15) is 36.1 Å². The fourth-order valence-electron chi connectivity index (χ4n) is 12.9. The Morgan fingerprint density at radius 3 is 1.67 bits per heavy atom. The van der Waals surface area contributed by atoms with Gasteiger partial charge in [-0.1, -0.05) is 27.7 Å². The van der Waals surface area contributed by atoms with E-state index < -0.39 is 47.9 Å². The predicted molar refractivity (Wildman–Crippen MR) is 224 cm³/mol. The summed E-state index contributed by atoms with van der Waals surface area (Å²) in [6.45, 7) is 14.1. The third-order valence-corrected chi connectivity index (χ3v) is 16.3. The molecule has 9 heterocycles. The van der Waals surface area contributed by atoms with Gasteiger partial charge in [-0.3, -0.25) is 4.79 Å². The van der Waals surface area contributed by atoms with E-state index in [1.165, 1.54) is 6.07 Å². The molecule has 8 saturated heterocycles. The van der Waals surface area contributed by atoms with Crippen LogP contribution in [0.15, 0.2) is 57.7 Å². The molecule has 0 amide bonds. The molecule has 2 aliphatic carbocycles. The maximum absolute atomic E-state index is 13.2. The first kappa shape index (κ1) is 42.5. The number of ether oxygens (including phenoxy) is 8. The van der Waals surface area contributed by atoms with Gasteiger partial charge in [0.15, 0.2) is 41.8 Å². The molecule has 2 saturated carbocycles. The van der Waals surface area contributed by atoms with Crippen LogP contribution in [-0.4, -0.2) is 74.4 Å². The Kier molecular flexibility index (Phi) is 10.8. The number of hydrogen-bond acceptors (Lipinski definition) is 14. The van der Waals surface area contributed by atoms with Gasteiger partial charge in [-0.05, 0) is 112 Å². The van der Waals surface area contributed by atoms with E-state index in [0.717, 1.165) is 56.9 Å². The number of rotatable bonds is 11. The van der Waals surface area contributed by atoms with E-state index in [1.807, 2.05) is 38.1 Å². The molecule has 3 aromatic rings. The maximum atomic E-state index is 13.2. The molecule has 63 heavy (non-hydrogen) atoms. The van der Waals surface area contributed by atoms with Crippen LogP contribution in [0, 0.1) is 47.3 Å². The van der Waals surface area contributed by atoms with E-state index in [2.05, 4.69) is 27.7 Å². The molecular formula is C49H62O14. The summed E-state index contributed by atoms with van der Waals surface area (Å²) >= 11 is 0. The van der Waals surface area contributed by atoms with Gasteiger partial charge in [-0.2, -0.15) is 0 Å². The lowest BCUT2D eigenvalue weighted by molar-refractivity contribution is -0.577. The van der Waals surface area contributed by atoms with Crippen LogP contribution in [0.3, 0.4) is 0 Å². The molecule has 1 aromatic heterocycles. The Bertz CT molecular complexity index is 2220. The predicted octanol–water partition coefficient (Wildman–Crippen LogP) is 8.67. The van der Waals surface area contributed by atoms with E-state index in [0.29, 0.717) is 71.7 Å². The highest BCUT2D eigenvalue weighted by Gasteiger charge is 2.71. The van der Waals surface area contributed by atoms with Crippen LogP contribution < -0.4 is 14.9 Å². The van der Waals surface area contributed by atoms with Crippen molar-refractivity contribution in [2.24, 2.45) is 47.3 Å². The molecular weight excluding hydrogens is 813 g/mol. The van der Waals surface area contributed by atoms with Gasteiger partial charge >= 0.3 is 0 Å². The van der Waals surface area contributed by atoms with Crippen molar-refractivity contribution in [3.05, 3.63) is 58.8 Å². The van der Waals surface area contributed by atoms with Gasteiger partial charge in [-0.15, -0.1) is 0 Å². The molecule has 0 N–H and O–H groups in total. The zero-order valence-corrected chi connectivity index (χ0v) is 37.2. The van der Waals surface area contributed by atoms with E-state index in [4.69, 9.17) is 61.9 Å². The molecule has 4 bridgehead atoms. The highest BCUT2D eigenvalue weighted by molar-refractivity contribution is 5.80. The van der Waals surface area contributed by atoms with Crippen molar-refractivity contribution in [1.82, 2.24) is 0 Å². The standard InChI is InChI=1S/C49H62O14/c1-27-7-15-37-29(3)42(56-44-48(37)35(27)17-19-46(5,58-44)60-62-48)53-23-21-51-32-11-9-31(10-12-32)40-26-39(50)34-14-13-33(25-41(34)55-40)52-22-24-54-43-30(4)38-16-8-28(2)36-18-20-47(6)59-45(57-43)49(36,38)63-61-47/h9-14,25-30,35-38,42-45H,7-8,15-24H2,1-6H3/t27-,28-,29-,30-,35+,36+,37+,38+,42+,43+,44+,45+,46-,47-,48-,49-/m1/s1. The normalized spacial score (nSPS) is 43.7. The van der Waals surface area contributed by atoms with E-state index >= 15 is 0 Å². The van der Waals surface area contributed by atoms with Crippen molar-refractivity contribution in [2.75, 3.05) is 26.4 Å². The molecule has 0 radical (unpaired) electrons. The summed E-state index contributed by atoms with van der Waals surface area (Å²) in [7, 11) is 0. The Morgan fingerprint density at radius 1 is 0.587 bits per heavy atom. The lowest BCUT2D eigenvalue weighted by atomic mass is 9.58. The summed E-state index contributed by atoms with van der Waals surface area (Å²) in [5.74, 6) is 2.14. The van der Waals surface area contributed by atoms with Gasteiger partial charge in [-0.25, -0.2) is 19.6 Å². The summed E-state index contributed by atoms with van der Waals surface area (Å²) in [5.41, 5.74) is -0.223. The van der Waals surface area contributed by atoms with Gasteiger partial charge in [0.2, 0.25) is 11.6 Å². The average Bonchev–Trinajstić information content (AvgIpc) is 3.65. The Hall–Kier alpha value is -3.15. The first-order chi connectivity index (χ1) is 30.4. The van der Waals surface area contributed by atoms with Gasteiger partial charge in [0, 0.05) is 54.2 Å². The molecule has 2 spiro atoms. The molecule has 14 heteroatoms. The van der Waals surface area contributed by atoms with Crippen molar-refractivity contribution in [1.29, 1.82) is 0 Å². The van der Waals surface area contributed by atoms with E-state index in [-0.39, 0.29) is 35.7 Å². The van der Waals surface area contributed by atoms with Crippen LogP contribution >= 0.6 is 0 Å². The first-order valence-electron chi connectivity index (χ1n) is 23.5. The summed E-state index contributed by atoms with van der Waals surface area (Å²) in [5, 5.41) is 0.468. The fraction of sp³-hybridized carbons (Fsp3) is 0.694. The molecule has 10 aliphatic rings. The Labute approximate surface area is 368 Å².